The molecule has 0 spiro atoms. The van der Waals surface area contributed by atoms with E-state index in [-0.39, 0.29) is 18.4 Å². The average molecular weight is 226 g/mol. The fourth-order valence-electron chi connectivity index (χ4n) is 1.80. The maximum atomic E-state index is 12.0. The third kappa shape index (κ3) is 1.98. The van der Waals surface area contributed by atoms with E-state index in [1.54, 1.807) is 11.0 Å². The molecule has 2 heterocycles. The Labute approximate surface area is 92.3 Å². The van der Waals surface area contributed by atoms with E-state index in [1.165, 1.54) is 11.3 Å². The van der Waals surface area contributed by atoms with Gasteiger partial charge in [-0.3, -0.25) is 4.79 Å². The van der Waals surface area contributed by atoms with Crippen LogP contribution in [0.15, 0.2) is 11.4 Å². The van der Waals surface area contributed by atoms with E-state index < -0.39 is 0 Å². The molecule has 0 aliphatic carbocycles. The Morgan fingerprint density at radius 1 is 1.73 bits per heavy atom. The molecule has 1 amide bonds. The van der Waals surface area contributed by atoms with Gasteiger partial charge in [-0.2, -0.15) is 0 Å². The van der Waals surface area contributed by atoms with E-state index in [9.17, 15) is 4.79 Å². The summed E-state index contributed by atoms with van der Waals surface area (Å²) in [5, 5.41) is 10.8. The summed E-state index contributed by atoms with van der Waals surface area (Å²) in [5.74, 6) is 0.230. The lowest BCUT2D eigenvalue weighted by atomic mass is 10.1. The summed E-state index contributed by atoms with van der Waals surface area (Å²) in [6.45, 7) is 1.53. The number of aliphatic hydroxyl groups excluding tert-OH is 1. The quantitative estimate of drug-likeness (QED) is 0.783. The number of amides is 1. The summed E-state index contributed by atoms with van der Waals surface area (Å²) in [7, 11) is 0. The smallest absolute Gasteiger partial charge is 0.266 e. The molecule has 0 saturated carbocycles. The standard InChI is InChI=1S/C10H14N2O2S/c11-8-2-4-15-9(8)10(14)12-3-1-7(5-12)6-13/h2,4,7,13H,1,3,5-6,11H2. The maximum absolute atomic E-state index is 12.0. The van der Waals surface area contributed by atoms with Crippen molar-refractivity contribution in [2.75, 3.05) is 25.4 Å². The molecule has 1 fully saturated rings. The molecule has 1 aliphatic heterocycles. The summed E-state index contributed by atoms with van der Waals surface area (Å²) in [6, 6.07) is 1.75. The third-order valence-corrected chi connectivity index (χ3v) is 3.64. The molecule has 82 valence electrons. The number of aliphatic hydroxyl groups is 1. The highest BCUT2D eigenvalue weighted by Crippen LogP contribution is 2.24. The van der Waals surface area contributed by atoms with Gasteiger partial charge in [-0.15, -0.1) is 11.3 Å². The van der Waals surface area contributed by atoms with E-state index in [1.807, 2.05) is 5.38 Å². The Bertz CT molecular complexity index is 364. The average Bonchev–Trinajstić information content (AvgIpc) is 2.84. The highest BCUT2D eigenvalue weighted by molar-refractivity contribution is 7.12. The number of likely N-dealkylation sites (tertiary alicyclic amines) is 1. The van der Waals surface area contributed by atoms with Gasteiger partial charge in [-0.05, 0) is 17.9 Å². The monoisotopic (exact) mass is 226 g/mol. The van der Waals surface area contributed by atoms with Gasteiger partial charge >= 0.3 is 0 Å². The number of anilines is 1. The molecular weight excluding hydrogens is 212 g/mol. The van der Waals surface area contributed by atoms with Gasteiger partial charge in [0.25, 0.3) is 5.91 Å². The first-order chi connectivity index (χ1) is 7.22. The largest absolute Gasteiger partial charge is 0.397 e. The third-order valence-electron chi connectivity index (χ3n) is 2.72. The van der Waals surface area contributed by atoms with Gasteiger partial charge in [-0.1, -0.05) is 0 Å². The Kier molecular flexibility index (Phi) is 2.93. The van der Waals surface area contributed by atoms with Crippen LogP contribution in [-0.4, -0.2) is 35.6 Å². The van der Waals surface area contributed by atoms with Gasteiger partial charge < -0.3 is 15.7 Å². The topological polar surface area (TPSA) is 66.6 Å². The number of rotatable bonds is 2. The number of carbonyl (C=O) groups is 1. The molecule has 1 unspecified atom stereocenters. The van der Waals surface area contributed by atoms with Crippen molar-refractivity contribution in [3.8, 4) is 0 Å². The normalized spacial score (nSPS) is 20.9. The van der Waals surface area contributed by atoms with E-state index in [2.05, 4.69) is 0 Å². The predicted octanol–water partition coefficient (Wildman–Crippen LogP) is 0.785. The highest BCUT2D eigenvalue weighted by atomic mass is 32.1. The number of hydrogen-bond acceptors (Lipinski definition) is 4. The van der Waals surface area contributed by atoms with Gasteiger partial charge in [0.2, 0.25) is 0 Å². The Morgan fingerprint density at radius 3 is 3.07 bits per heavy atom. The van der Waals surface area contributed by atoms with Crippen LogP contribution < -0.4 is 5.73 Å². The Balaban J connectivity index is 2.07. The van der Waals surface area contributed by atoms with Crippen LogP contribution in [0.25, 0.3) is 0 Å². The second-order valence-corrected chi connectivity index (χ2v) is 4.71. The lowest BCUT2D eigenvalue weighted by molar-refractivity contribution is 0.0787. The first-order valence-corrected chi connectivity index (χ1v) is 5.83. The van der Waals surface area contributed by atoms with Crippen LogP contribution in [0, 0.1) is 5.92 Å². The van der Waals surface area contributed by atoms with Crippen LogP contribution >= 0.6 is 11.3 Å². The Hall–Kier alpha value is -1.07. The fourth-order valence-corrected chi connectivity index (χ4v) is 2.59. The zero-order valence-corrected chi connectivity index (χ0v) is 9.17. The first kappa shape index (κ1) is 10.4. The molecule has 0 radical (unpaired) electrons. The Morgan fingerprint density at radius 2 is 2.53 bits per heavy atom. The van der Waals surface area contributed by atoms with E-state index in [0.29, 0.717) is 17.1 Å². The SMILES string of the molecule is Nc1ccsc1C(=O)N1CCC(CO)C1. The van der Waals surface area contributed by atoms with Crippen LogP contribution in [0.2, 0.25) is 0 Å². The summed E-state index contributed by atoms with van der Waals surface area (Å²) < 4.78 is 0. The molecule has 1 aromatic rings. The lowest BCUT2D eigenvalue weighted by Gasteiger charge is -2.15. The number of hydrogen-bond donors (Lipinski definition) is 2. The predicted molar refractivity (Wildman–Crippen MR) is 59.8 cm³/mol. The van der Waals surface area contributed by atoms with Crippen LogP contribution in [-0.2, 0) is 0 Å². The van der Waals surface area contributed by atoms with Crippen molar-refractivity contribution in [3.63, 3.8) is 0 Å². The van der Waals surface area contributed by atoms with Crippen molar-refractivity contribution in [2.24, 2.45) is 5.92 Å². The van der Waals surface area contributed by atoms with Crippen molar-refractivity contribution in [3.05, 3.63) is 16.3 Å². The van der Waals surface area contributed by atoms with Crippen molar-refractivity contribution in [1.29, 1.82) is 0 Å². The number of carbonyl (C=O) groups excluding carboxylic acids is 1. The fraction of sp³-hybridized carbons (Fsp3) is 0.500. The van der Waals surface area contributed by atoms with E-state index >= 15 is 0 Å². The van der Waals surface area contributed by atoms with Crippen molar-refractivity contribution in [2.45, 2.75) is 6.42 Å². The van der Waals surface area contributed by atoms with Crippen LogP contribution in [0.1, 0.15) is 16.1 Å². The van der Waals surface area contributed by atoms with Gasteiger partial charge in [-0.25, -0.2) is 0 Å². The molecule has 3 N–H and O–H groups in total. The molecule has 0 aromatic carbocycles. The maximum Gasteiger partial charge on any atom is 0.266 e. The van der Waals surface area contributed by atoms with Crippen molar-refractivity contribution < 1.29 is 9.90 Å². The summed E-state index contributed by atoms with van der Waals surface area (Å²) in [6.07, 6.45) is 0.882. The van der Waals surface area contributed by atoms with Gasteiger partial charge in [0, 0.05) is 25.6 Å². The van der Waals surface area contributed by atoms with E-state index in [4.69, 9.17) is 10.8 Å². The van der Waals surface area contributed by atoms with Crippen LogP contribution in [0.3, 0.4) is 0 Å². The lowest BCUT2D eigenvalue weighted by Crippen LogP contribution is -2.28. The van der Waals surface area contributed by atoms with Gasteiger partial charge in [0.1, 0.15) is 4.88 Å². The van der Waals surface area contributed by atoms with Crippen molar-refractivity contribution >= 4 is 22.9 Å². The number of thiophene rings is 1. The molecule has 1 aliphatic rings. The molecule has 1 saturated heterocycles. The van der Waals surface area contributed by atoms with Crippen LogP contribution in [0.4, 0.5) is 5.69 Å². The summed E-state index contributed by atoms with van der Waals surface area (Å²) in [4.78, 5) is 14.4. The molecule has 4 nitrogen and oxygen atoms in total. The zero-order chi connectivity index (χ0) is 10.8. The van der Waals surface area contributed by atoms with Gasteiger partial charge in [0.15, 0.2) is 0 Å². The zero-order valence-electron chi connectivity index (χ0n) is 8.35. The van der Waals surface area contributed by atoms with Crippen LogP contribution in [0.5, 0.6) is 0 Å². The minimum absolute atomic E-state index is 0.00144. The van der Waals surface area contributed by atoms with E-state index in [0.717, 1.165) is 13.0 Å². The molecule has 1 atom stereocenters. The minimum Gasteiger partial charge on any atom is -0.397 e. The molecule has 15 heavy (non-hydrogen) atoms. The second kappa shape index (κ2) is 4.20. The highest BCUT2D eigenvalue weighted by Gasteiger charge is 2.27. The number of nitrogens with two attached hydrogens (primary N) is 1. The molecule has 2 rings (SSSR count). The number of nitrogens with zero attached hydrogens (tertiary/aromatic N) is 1. The van der Waals surface area contributed by atoms with Crippen molar-refractivity contribution in [1.82, 2.24) is 4.90 Å². The first-order valence-electron chi connectivity index (χ1n) is 4.95. The van der Waals surface area contributed by atoms with Gasteiger partial charge in [0.05, 0.1) is 5.69 Å². The molecular formula is C10H14N2O2S. The molecule has 0 bridgehead atoms. The second-order valence-electron chi connectivity index (χ2n) is 3.79. The summed E-state index contributed by atoms with van der Waals surface area (Å²) in [5.41, 5.74) is 6.24. The molecule has 1 aromatic heterocycles. The summed E-state index contributed by atoms with van der Waals surface area (Å²) >= 11 is 1.37. The minimum atomic E-state index is -0.00144. The number of nitrogen functional groups attached to an aromatic ring is 1. The molecule has 5 heteroatoms.